The van der Waals surface area contributed by atoms with Crippen LogP contribution in [-0.4, -0.2) is 40.7 Å². The first kappa shape index (κ1) is 22.5. The molecule has 170 valence electrons. The Hall–Kier alpha value is -2.67. The molecule has 0 radical (unpaired) electrons. The van der Waals surface area contributed by atoms with Crippen molar-refractivity contribution in [3.05, 3.63) is 57.3 Å². The molecule has 2 aliphatic heterocycles. The van der Waals surface area contributed by atoms with Crippen LogP contribution in [0.5, 0.6) is 0 Å². The SMILES string of the molecule is CCC1c2ccsc2CCN1C(=O)CN1C(=O)NC(C)(c2ccc(C(C)(C)C)cc2)C1=O. The molecular weight excluding hydrogens is 422 g/mol. The van der Waals surface area contributed by atoms with Crippen molar-refractivity contribution in [3.63, 3.8) is 0 Å². The molecule has 6 nitrogen and oxygen atoms in total. The standard InChI is InChI=1S/C25H31N3O3S/c1-6-19-18-12-14-32-20(18)11-13-27(19)21(29)15-28-22(30)25(5,26-23(28)31)17-9-7-16(8-10-17)24(2,3)4/h7-10,12,14,19H,6,11,13,15H2,1-5H3,(H,26,31). The molecule has 4 amide bonds. The average Bonchev–Trinajstić information content (AvgIpc) is 3.31. The molecule has 4 rings (SSSR count). The lowest BCUT2D eigenvalue weighted by atomic mass is 9.84. The van der Waals surface area contributed by atoms with Crippen molar-refractivity contribution in [1.29, 1.82) is 0 Å². The van der Waals surface area contributed by atoms with E-state index in [1.807, 2.05) is 29.2 Å². The molecule has 1 aromatic carbocycles. The fraction of sp³-hybridized carbons (Fsp3) is 0.480. The van der Waals surface area contributed by atoms with Gasteiger partial charge in [0.05, 0.1) is 6.04 Å². The van der Waals surface area contributed by atoms with E-state index in [9.17, 15) is 14.4 Å². The van der Waals surface area contributed by atoms with Crippen LogP contribution in [0.2, 0.25) is 0 Å². The Morgan fingerprint density at radius 2 is 1.88 bits per heavy atom. The smallest absolute Gasteiger partial charge is 0.325 e. The fourth-order valence-electron chi connectivity index (χ4n) is 4.70. The summed E-state index contributed by atoms with van der Waals surface area (Å²) in [5.41, 5.74) is 1.87. The summed E-state index contributed by atoms with van der Waals surface area (Å²) in [6.45, 7) is 10.5. The largest absolute Gasteiger partial charge is 0.334 e. The molecule has 2 aliphatic rings. The van der Waals surface area contributed by atoms with Crippen molar-refractivity contribution >= 4 is 29.2 Å². The first-order chi connectivity index (χ1) is 15.1. The number of carbonyl (C=O) groups excluding carboxylic acids is 3. The molecule has 0 spiro atoms. The lowest BCUT2D eigenvalue weighted by Gasteiger charge is -2.36. The topological polar surface area (TPSA) is 69.7 Å². The first-order valence-corrected chi connectivity index (χ1v) is 12.0. The maximum atomic E-state index is 13.3. The van der Waals surface area contributed by atoms with Crippen molar-refractivity contribution in [2.24, 2.45) is 0 Å². The molecule has 1 fully saturated rings. The third-order valence-corrected chi connectivity index (χ3v) is 7.70. The van der Waals surface area contributed by atoms with Gasteiger partial charge in [-0.3, -0.25) is 14.5 Å². The molecule has 2 unspecified atom stereocenters. The van der Waals surface area contributed by atoms with Gasteiger partial charge in [0.25, 0.3) is 5.91 Å². The summed E-state index contributed by atoms with van der Waals surface area (Å²) in [6.07, 6.45) is 1.61. The van der Waals surface area contributed by atoms with E-state index >= 15 is 0 Å². The van der Waals surface area contributed by atoms with Gasteiger partial charge in [-0.1, -0.05) is 52.0 Å². The van der Waals surface area contributed by atoms with Crippen LogP contribution in [0.4, 0.5) is 4.79 Å². The number of thiophene rings is 1. The highest BCUT2D eigenvalue weighted by molar-refractivity contribution is 7.10. The van der Waals surface area contributed by atoms with Gasteiger partial charge in [-0.25, -0.2) is 4.79 Å². The number of benzene rings is 1. The van der Waals surface area contributed by atoms with Crippen molar-refractivity contribution in [2.45, 2.75) is 64.5 Å². The van der Waals surface area contributed by atoms with Gasteiger partial charge in [-0.2, -0.15) is 0 Å². The van der Waals surface area contributed by atoms with E-state index in [1.54, 1.807) is 18.3 Å². The van der Waals surface area contributed by atoms with Crippen LogP contribution in [0.25, 0.3) is 0 Å². The van der Waals surface area contributed by atoms with Gasteiger partial charge in [0, 0.05) is 11.4 Å². The molecular formula is C25H31N3O3S. The monoisotopic (exact) mass is 453 g/mol. The van der Waals surface area contributed by atoms with Crippen LogP contribution in [-0.2, 0) is 27.0 Å². The number of urea groups is 1. The van der Waals surface area contributed by atoms with Gasteiger partial charge >= 0.3 is 6.03 Å². The summed E-state index contributed by atoms with van der Waals surface area (Å²) < 4.78 is 0. The molecule has 2 aromatic rings. The van der Waals surface area contributed by atoms with E-state index in [1.165, 1.54) is 10.4 Å². The van der Waals surface area contributed by atoms with Crippen LogP contribution in [0, 0.1) is 0 Å². The highest BCUT2D eigenvalue weighted by Gasteiger charge is 2.50. The van der Waals surface area contributed by atoms with Crippen LogP contribution < -0.4 is 5.32 Å². The van der Waals surface area contributed by atoms with Crippen LogP contribution in [0.1, 0.15) is 68.6 Å². The Morgan fingerprint density at radius 3 is 2.50 bits per heavy atom. The quantitative estimate of drug-likeness (QED) is 0.700. The van der Waals surface area contributed by atoms with Crippen LogP contribution >= 0.6 is 11.3 Å². The summed E-state index contributed by atoms with van der Waals surface area (Å²) >= 11 is 1.73. The van der Waals surface area contributed by atoms with Gasteiger partial charge in [-0.05, 0) is 53.3 Å². The Kier molecular flexibility index (Phi) is 5.65. The van der Waals surface area contributed by atoms with Crippen molar-refractivity contribution in [1.82, 2.24) is 15.1 Å². The van der Waals surface area contributed by atoms with Gasteiger partial charge in [-0.15, -0.1) is 11.3 Å². The fourth-order valence-corrected chi connectivity index (χ4v) is 5.63. The van der Waals surface area contributed by atoms with E-state index < -0.39 is 11.6 Å². The average molecular weight is 454 g/mol. The van der Waals surface area contributed by atoms with Gasteiger partial charge in [0.15, 0.2) is 0 Å². The molecule has 1 N–H and O–H groups in total. The van der Waals surface area contributed by atoms with E-state index in [4.69, 9.17) is 0 Å². The molecule has 0 aliphatic carbocycles. The number of amides is 4. The van der Waals surface area contributed by atoms with Crippen LogP contribution in [0.3, 0.4) is 0 Å². The number of hydrogen-bond donors (Lipinski definition) is 1. The number of rotatable bonds is 4. The van der Waals surface area contributed by atoms with E-state index in [2.05, 4.69) is 44.5 Å². The van der Waals surface area contributed by atoms with Crippen molar-refractivity contribution < 1.29 is 14.4 Å². The van der Waals surface area contributed by atoms with Crippen molar-refractivity contribution in [2.75, 3.05) is 13.1 Å². The number of nitrogens with one attached hydrogen (secondary N) is 1. The number of hydrogen-bond acceptors (Lipinski definition) is 4. The second-order valence-corrected chi connectivity index (χ2v) is 10.8. The van der Waals surface area contributed by atoms with E-state index in [-0.39, 0.29) is 29.8 Å². The third kappa shape index (κ3) is 3.72. The molecule has 3 heterocycles. The Labute approximate surface area is 193 Å². The first-order valence-electron chi connectivity index (χ1n) is 11.2. The number of carbonyl (C=O) groups is 3. The lowest BCUT2D eigenvalue weighted by molar-refractivity contribution is -0.140. The number of fused-ring (bicyclic) bond motifs is 1. The Bertz CT molecular complexity index is 1050. The molecule has 1 aromatic heterocycles. The second-order valence-electron chi connectivity index (χ2n) is 9.83. The lowest BCUT2D eigenvalue weighted by Crippen LogP contribution is -2.47. The minimum absolute atomic E-state index is 0.00501. The van der Waals surface area contributed by atoms with Gasteiger partial charge < -0.3 is 10.2 Å². The van der Waals surface area contributed by atoms with Crippen molar-refractivity contribution in [3.8, 4) is 0 Å². The predicted molar refractivity (Wildman–Crippen MR) is 126 cm³/mol. The molecule has 0 saturated carbocycles. The number of imide groups is 1. The third-order valence-electron chi connectivity index (χ3n) is 6.70. The Morgan fingerprint density at radius 1 is 1.19 bits per heavy atom. The molecule has 32 heavy (non-hydrogen) atoms. The number of nitrogens with zero attached hydrogens (tertiary/aromatic N) is 2. The summed E-state index contributed by atoms with van der Waals surface area (Å²) in [6, 6.07) is 9.32. The molecule has 7 heteroatoms. The summed E-state index contributed by atoms with van der Waals surface area (Å²) in [5.74, 6) is -0.579. The van der Waals surface area contributed by atoms with Gasteiger partial charge in [0.2, 0.25) is 5.91 Å². The van der Waals surface area contributed by atoms with Crippen LogP contribution in [0.15, 0.2) is 35.7 Å². The maximum absolute atomic E-state index is 13.3. The highest BCUT2D eigenvalue weighted by atomic mass is 32.1. The zero-order chi connectivity index (χ0) is 23.3. The van der Waals surface area contributed by atoms with E-state index in [0.29, 0.717) is 12.1 Å². The zero-order valence-electron chi connectivity index (χ0n) is 19.4. The highest BCUT2D eigenvalue weighted by Crippen LogP contribution is 2.36. The van der Waals surface area contributed by atoms with E-state index in [0.717, 1.165) is 23.3 Å². The maximum Gasteiger partial charge on any atom is 0.325 e. The minimum atomic E-state index is -1.18. The zero-order valence-corrected chi connectivity index (χ0v) is 20.2. The second kappa shape index (κ2) is 8.03. The molecule has 1 saturated heterocycles. The summed E-state index contributed by atoms with van der Waals surface area (Å²) in [4.78, 5) is 43.5. The molecule has 0 bridgehead atoms. The normalized spacial score (nSPS) is 23.3. The summed E-state index contributed by atoms with van der Waals surface area (Å²) in [7, 11) is 0. The minimum Gasteiger partial charge on any atom is -0.334 e. The summed E-state index contributed by atoms with van der Waals surface area (Å²) in [5, 5.41) is 4.88. The Balaban J connectivity index is 1.52. The molecule has 2 atom stereocenters. The predicted octanol–water partition coefficient (Wildman–Crippen LogP) is 4.35. The van der Waals surface area contributed by atoms with Gasteiger partial charge in [0.1, 0.15) is 12.1 Å².